The summed E-state index contributed by atoms with van der Waals surface area (Å²) in [5.41, 5.74) is 0.914. The van der Waals surface area contributed by atoms with E-state index in [9.17, 15) is 8.42 Å². The average Bonchev–Trinajstić information content (AvgIpc) is 2.89. The smallest absolute Gasteiger partial charge is 0.243 e. The van der Waals surface area contributed by atoms with Crippen molar-refractivity contribution >= 4 is 10.0 Å². The molecule has 0 saturated carbocycles. The fourth-order valence-electron chi connectivity index (χ4n) is 3.00. The van der Waals surface area contributed by atoms with Crippen molar-refractivity contribution in [2.45, 2.75) is 24.3 Å². The molecule has 1 fully saturated rings. The molecule has 0 amide bonds. The molecule has 0 bridgehead atoms. The van der Waals surface area contributed by atoms with Gasteiger partial charge >= 0.3 is 0 Å². The van der Waals surface area contributed by atoms with E-state index in [2.05, 4.69) is 21.8 Å². The Kier molecular flexibility index (Phi) is 5.23. The Balaban J connectivity index is 1.71. The van der Waals surface area contributed by atoms with E-state index in [0.717, 1.165) is 18.7 Å². The van der Waals surface area contributed by atoms with Crippen LogP contribution in [0.25, 0.3) is 0 Å². The van der Waals surface area contributed by atoms with Gasteiger partial charge in [-0.15, -0.1) is 0 Å². The Morgan fingerprint density at radius 1 is 1.04 bits per heavy atom. The van der Waals surface area contributed by atoms with Gasteiger partial charge in [-0.05, 0) is 25.5 Å². The van der Waals surface area contributed by atoms with Crippen molar-refractivity contribution in [2.24, 2.45) is 0 Å². The molecule has 1 aliphatic rings. The summed E-state index contributed by atoms with van der Waals surface area (Å²) < 4.78 is 27.1. The molecular weight excluding hydrogens is 324 g/mol. The molecule has 7 heteroatoms. The first kappa shape index (κ1) is 17.0. The van der Waals surface area contributed by atoms with E-state index in [-0.39, 0.29) is 6.04 Å². The average molecular weight is 346 g/mol. The van der Waals surface area contributed by atoms with Crippen LogP contribution in [0, 0.1) is 0 Å². The molecule has 24 heavy (non-hydrogen) atoms. The van der Waals surface area contributed by atoms with Crippen LogP contribution >= 0.6 is 0 Å². The van der Waals surface area contributed by atoms with E-state index in [1.807, 2.05) is 6.07 Å². The lowest BCUT2D eigenvalue weighted by Gasteiger charge is -2.27. The lowest BCUT2D eigenvalue weighted by molar-refractivity contribution is 0.217. The van der Waals surface area contributed by atoms with Gasteiger partial charge in [-0.1, -0.05) is 18.2 Å². The van der Waals surface area contributed by atoms with Crippen LogP contribution in [-0.4, -0.2) is 53.8 Å². The fourth-order valence-corrected chi connectivity index (χ4v) is 4.49. The van der Waals surface area contributed by atoms with E-state index in [4.69, 9.17) is 0 Å². The number of sulfonamides is 1. The quantitative estimate of drug-likeness (QED) is 0.846. The molecule has 1 saturated heterocycles. The Labute approximate surface area is 143 Å². The summed E-state index contributed by atoms with van der Waals surface area (Å²) in [7, 11) is -3.42. The van der Waals surface area contributed by atoms with E-state index in [1.165, 1.54) is 0 Å². The molecule has 0 spiro atoms. The van der Waals surface area contributed by atoms with Crippen LogP contribution in [0.2, 0.25) is 0 Å². The zero-order chi connectivity index (χ0) is 17.0. The van der Waals surface area contributed by atoms with Gasteiger partial charge in [0.05, 0.1) is 16.6 Å². The van der Waals surface area contributed by atoms with Crippen molar-refractivity contribution in [3.8, 4) is 0 Å². The highest BCUT2D eigenvalue weighted by Gasteiger charge is 2.28. The summed E-state index contributed by atoms with van der Waals surface area (Å²) in [5, 5.41) is 0. The molecule has 6 nitrogen and oxygen atoms in total. The first-order chi connectivity index (χ1) is 11.6. The summed E-state index contributed by atoms with van der Waals surface area (Å²) >= 11 is 0. The van der Waals surface area contributed by atoms with Gasteiger partial charge in [-0.3, -0.25) is 14.9 Å². The van der Waals surface area contributed by atoms with Gasteiger partial charge < -0.3 is 0 Å². The molecular formula is C17H22N4O2S. The summed E-state index contributed by atoms with van der Waals surface area (Å²) in [6.07, 6.45) is 5.92. The van der Waals surface area contributed by atoms with Crippen LogP contribution in [-0.2, 0) is 10.0 Å². The first-order valence-corrected chi connectivity index (χ1v) is 9.58. The molecule has 2 aromatic rings. The molecule has 1 atom stereocenters. The monoisotopic (exact) mass is 346 g/mol. The zero-order valence-electron chi connectivity index (χ0n) is 13.7. The van der Waals surface area contributed by atoms with Crippen LogP contribution in [0.4, 0.5) is 0 Å². The van der Waals surface area contributed by atoms with Gasteiger partial charge in [0.2, 0.25) is 10.0 Å². The number of rotatable bonds is 4. The maximum atomic E-state index is 12.8. The highest BCUT2D eigenvalue weighted by Crippen LogP contribution is 2.22. The second kappa shape index (κ2) is 7.38. The van der Waals surface area contributed by atoms with Crippen molar-refractivity contribution in [3.63, 3.8) is 0 Å². The van der Waals surface area contributed by atoms with E-state index >= 15 is 0 Å². The molecule has 1 aromatic carbocycles. The third kappa shape index (κ3) is 3.63. The van der Waals surface area contributed by atoms with Gasteiger partial charge in [0.1, 0.15) is 0 Å². The SMILES string of the molecule is C[C@H](c1cnccn1)N1CCCN(S(=O)(=O)c2ccccc2)CC1. The van der Waals surface area contributed by atoms with Crippen LogP contribution < -0.4 is 0 Å². The third-order valence-electron chi connectivity index (χ3n) is 4.43. The minimum atomic E-state index is -3.42. The van der Waals surface area contributed by atoms with Crippen LogP contribution in [0.1, 0.15) is 25.1 Å². The maximum Gasteiger partial charge on any atom is 0.243 e. The number of aromatic nitrogens is 2. The summed E-state index contributed by atoms with van der Waals surface area (Å²) in [4.78, 5) is 11.1. The summed E-state index contributed by atoms with van der Waals surface area (Å²) in [6.45, 7) is 4.65. The van der Waals surface area contributed by atoms with E-state index in [0.29, 0.717) is 24.5 Å². The Hall–Kier alpha value is -1.83. The van der Waals surface area contributed by atoms with Crippen molar-refractivity contribution in [3.05, 3.63) is 54.6 Å². The number of benzene rings is 1. The largest absolute Gasteiger partial charge is 0.294 e. The van der Waals surface area contributed by atoms with E-state index in [1.54, 1.807) is 47.2 Å². The number of nitrogens with zero attached hydrogens (tertiary/aromatic N) is 4. The Bertz CT molecular complexity index is 753. The Morgan fingerprint density at radius 3 is 2.54 bits per heavy atom. The molecule has 1 aromatic heterocycles. The molecule has 0 aliphatic carbocycles. The topological polar surface area (TPSA) is 66.4 Å². The normalized spacial score (nSPS) is 18.9. The lowest BCUT2D eigenvalue weighted by atomic mass is 10.2. The predicted octanol–water partition coefficient (Wildman–Crippen LogP) is 1.93. The molecule has 3 rings (SSSR count). The minimum absolute atomic E-state index is 0.123. The molecule has 0 N–H and O–H groups in total. The third-order valence-corrected chi connectivity index (χ3v) is 6.34. The van der Waals surface area contributed by atoms with Gasteiger partial charge in [0, 0.05) is 44.8 Å². The number of hydrogen-bond donors (Lipinski definition) is 0. The summed E-state index contributed by atoms with van der Waals surface area (Å²) in [6, 6.07) is 8.77. The molecule has 2 heterocycles. The predicted molar refractivity (Wildman–Crippen MR) is 91.8 cm³/mol. The van der Waals surface area contributed by atoms with Crippen molar-refractivity contribution in [1.82, 2.24) is 19.2 Å². The van der Waals surface area contributed by atoms with Gasteiger partial charge in [-0.2, -0.15) is 4.31 Å². The highest BCUT2D eigenvalue weighted by atomic mass is 32.2. The second-order valence-electron chi connectivity index (χ2n) is 5.91. The van der Waals surface area contributed by atoms with Crippen molar-refractivity contribution in [1.29, 1.82) is 0 Å². The molecule has 128 valence electrons. The van der Waals surface area contributed by atoms with Gasteiger partial charge in [-0.25, -0.2) is 8.42 Å². The van der Waals surface area contributed by atoms with E-state index < -0.39 is 10.0 Å². The van der Waals surface area contributed by atoms with Crippen molar-refractivity contribution in [2.75, 3.05) is 26.2 Å². The lowest BCUT2D eigenvalue weighted by Crippen LogP contribution is -2.36. The Morgan fingerprint density at radius 2 is 1.83 bits per heavy atom. The van der Waals surface area contributed by atoms with Crippen LogP contribution in [0.3, 0.4) is 0 Å². The van der Waals surface area contributed by atoms with Gasteiger partial charge in [0.15, 0.2) is 0 Å². The highest BCUT2D eigenvalue weighted by molar-refractivity contribution is 7.89. The molecule has 0 radical (unpaired) electrons. The number of hydrogen-bond acceptors (Lipinski definition) is 5. The zero-order valence-corrected chi connectivity index (χ0v) is 14.6. The van der Waals surface area contributed by atoms with Gasteiger partial charge in [0.25, 0.3) is 0 Å². The standard InChI is InChI=1S/C17H22N4O2S/c1-15(17-14-18-8-9-19-17)20-10-5-11-21(13-12-20)24(22,23)16-6-3-2-4-7-16/h2-4,6-9,14-15H,5,10-13H2,1H3/t15-/m1/s1. The molecule has 0 unspecified atom stereocenters. The minimum Gasteiger partial charge on any atom is -0.294 e. The summed E-state index contributed by atoms with van der Waals surface area (Å²) in [5.74, 6) is 0. The fraction of sp³-hybridized carbons (Fsp3) is 0.412. The van der Waals surface area contributed by atoms with Crippen LogP contribution in [0.5, 0.6) is 0 Å². The molecule has 1 aliphatic heterocycles. The van der Waals surface area contributed by atoms with Crippen molar-refractivity contribution < 1.29 is 8.42 Å². The van der Waals surface area contributed by atoms with Crippen LogP contribution in [0.15, 0.2) is 53.8 Å². The first-order valence-electron chi connectivity index (χ1n) is 8.14. The second-order valence-corrected chi connectivity index (χ2v) is 7.85. The maximum absolute atomic E-state index is 12.8.